The molecule has 12 heteroatoms. The number of nitrogens with one attached hydrogen (secondary N) is 1. The Morgan fingerprint density at radius 2 is 2.00 bits per heavy atom. The lowest BCUT2D eigenvalue weighted by molar-refractivity contribution is -0.297. The Hall–Kier alpha value is -2.35. The predicted molar refractivity (Wildman–Crippen MR) is 89.4 cm³/mol. The van der Waals surface area contributed by atoms with Crippen LogP contribution >= 0.6 is 0 Å². The highest BCUT2D eigenvalue weighted by molar-refractivity contribution is 5.73. The molecule has 5 N–H and O–H groups in total. The fourth-order valence-electron chi connectivity index (χ4n) is 2.80. The summed E-state index contributed by atoms with van der Waals surface area (Å²) in [4.78, 5) is 36.8. The van der Waals surface area contributed by atoms with E-state index in [1.54, 1.807) is 0 Å². The van der Waals surface area contributed by atoms with Gasteiger partial charge in [-0.15, -0.1) is 0 Å². The standard InChI is InChI=1S/C16H20N2O10/c1-6-4-18(16(25)17-13(6)22)8-3-2-7(27-8)5-26-15-11(21)9(19)10(20)12(28-15)14(23)24/h2-4,7-12,15,19-21H,5H2,1H3,(H,23,24)(H,17,22,25)/t7-,8+,9-,10-,11+,12-,15+/m0/s1/i1D3. The summed E-state index contributed by atoms with van der Waals surface area (Å²) in [5.74, 6) is -1.56. The van der Waals surface area contributed by atoms with E-state index in [0.29, 0.717) is 0 Å². The highest BCUT2D eigenvalue weighted by Crippen LogP contribution is 2.24. The smallest absolute Gasteiger partial charge is 0.335 e. The number of aryl methyl sites for hydroxylation is 1. The molecule has 0 unspecified atom stereocenters. The number of aliphatic hydroxyl groups is 3. The first-order valence-electron chi connectivity index (χ1n) is 9.64. The lowest BCUT2D eigenvalue weighted by Gasteiger charge is -2.38. The van der Waals surface area contributed by atoms with Crippen LogP contribution in [0.15, 0.2) is 27.9 Å². The number of aromatic nitrogens is 2. The van der Waals surface area contributed by atoms with Crippen molar-refractivity contribution in [3.05, 3.63) is 44.8 Å². The van der Waals surface area contributed by atoms with E-state index in [1.165, 1.54) is 12.2 Å². The zero-order chi connectivity index (χ0) is 23.1. The molecular formula is C16H20N2O10. The summed E-state index contributed by atoms with van der Waals surface area (Å²) in [5.41, 5.74) is -2.54. The molecule has 0 bridgehead atoms. The molecule has 1 fully saturated rings. The van der Waals surface area contributed by atoms with Gasteiger partial charge in [0.2, 0.25) is 0 Å². The molecule has 7 atom stereocenters. The molecule has 1 saturated heterocycles. The van der Waals surface area contributed by atoms with Crippen LogP contribution in [0.3, 0.4) is 0 Å². The minimum Gasteiger partial charge on any atom is -0.479 e. The predicted octanol–water partition coefficient (Wildman–Crippen LogP) is -2.79. The van der Waals surface area contributed by atoms with Gasteiger partial charge in [-0.3, -0.25) is 14.3 Å². The van der Waals surface area contributed by atoms with E-state index in [9.17, 15) is 29.7 Å². The molecule has 12 nitrogen and oxygen atoms in total. The molecule has 28 heavy (non-hydrogen) atoms. The molecule has 0 saturated carbocycles. The van der Waals surface area contributed by atoms with Crippen LogP contribution in [0, 0.1) is 6.85 Å². The van der Waals surface area contributed by atoms with Crippen LogP contribution in [0.5, 0.6) is 0 Å². The van der Waals surface area contributed by atoms with Gasteiger partial charge in [-0.05, 0) is 12.9 Å². The number of carboxylic acid groups (broad SMARTS) is 1. The van der Waals surface area contributed by atoms with Crippen LogP contribution in [0.25, 0.3) is 0 Å². The maximum Gasteiger partial charge on any atom is 0.335 e. The highest BCUT2D eigenvalue weighted by Gasteiger charge is 2.47. The average molecular weight is 403 g/mol. The number of aliphatic hydroxyl groups excluding tert-OH is 3. The molecule has 0 aliphatic carbocycles. The Bertz CT molecular complexity index is 974. The second-order valence-electron chi connectivity index (χ2n) is 6.23. The summed E-state index contributed by atoms with van der Waals surface area (Å²) < 4.78 is 38.8. The van der Waals surface area contributed by atoms with Crippen LogP contribution in [-0.2, 0) is 19.0 Å². The van der Waals surface area contributed by atoms with Gasteiger partial charge < -0.3 is 34.6 Å². The van der Waals surface area contributed by atoms with Gasteiger partial charge in [0.25, 0.3) is 5.56 Å². The Morgan fingerprint density at radius 1 is 1.25 bits per heavy atom. The number of hydrogen-bond donors (Lipinski definition) is 5. The fraction of sp³-hybridized carbons (Fsp3) is 0.562. The topological polar surface area (TPSA) is 181 Å². The molecule has 0 radical (unpaired) electrons. The van der Waals surface area contributed by atoms with Gasteiger partial charge in [0, 0.05) is 15.9 Å². The van der Waals surface area contributed by atoms with Crippen molar-refractivity contribution in [3.63, 3.8) is 0 Å². The summed E-state index contributed by atoms with van der Waals surface area (Å²) in [6.07, 6.45) is -7.03. The maximum atomic E-state index is 12.0. The van der Waals surface area contributed by atoms with E-state index in [0.717, 1.165) is 10.8 Å². The maximum absolute atomic E-state index is 12.0. The van der Waals surface area contributed by atoms with E-state index in [2.05, 4.69) is 0 Å². The quantitative estimate of drug-likeness (QED) is 0.322. The van der Waals surface area contributed by atoms with E-state index in [-0.39, 0.29) is 6.61 Å². The minimum atomic E-state index is -2.76. The van der Waals surface area contributed by atoms with Gasteiger partial charge in [0.1, 0.15) is 24.4 Å². The van der Waals surface area contributed by atoms with E-state index in [1.807, 2.05) is 4.98 Å². The van der Waals surface area contributed by atoms with Crippen LogP contribution < -0.4 is 11.2 Å². The Morgan fingerprint density at radius 3 is 2.68 bits per heavy atom. The van der Waals surface area contributed by atoms with Crippen LogP contribution in [0.4, 0.5) is 0 Å². The number of nitrogens with zero attached hydrogens (tertiary/aromatic N) is 1. The summed E-state index contributed by atoms with van der Waals surface area (Å²) in [5, 5.41) is 38.4. The third-order valence-electron chi connectivity index (χ3n) is 4.28. The number of hydrogen-bond acceptors (Lipinski definition) is 9. The summed E-state index contributed by atoms with van der Waals surface area (Å²) in [6, 6.07) is 0. The molecule has 2 aliphatic rings. The summed E-state index contributed by atoms with van der Waals surface area (Å²) >= 11 is 0. The van der Waals surface area contributed by atoms with Crippen molar-refractivity contribution in [2.45, 2.75) is 49.9 Å². The van der Waals surface area contributed by atoms with E-state index in [4.69, 9.17) is 23.4 Å². The molecule has 154 valence electrons. The van der Waals surface area contributed by atoms with Gasteiger partial charge in [-0.1, -0.05) is 6.08 Å². The Kier molecular flexibility index (Phi) is 4.71. The van der Waals surface area contributed by atoms with Gasteiger partial charge in [0.05, 0.1) is 6.61 Å². The largest absolute Gasteiger partial charge is 0.479 e. The van der Waals surface area contributed by atoms with Crippen molar-refractivity contribution >= 4 is 5.97 Å². The zero-order valence-electron chi connectivity index (χ0n) is 17.2. The van der Waals surface area contributed by atoms with Gasteiger partial charge in [-0.2, -0.15) is 0 Å². The molecule has 3 heterocycles. The summed E-state index contributed by atoms with van der Waals surface area (Å²) in [7, 11) is 0. The number of aliphatic carboxylic acids is 1. The second-order valence-corrected chi connectivity index (χ2v) is 6.23. The molecule has 0 amide bonds. The summed E-state index contributed by atoms with van der Waals surface area (Å²) in [6.45, 7) is -3.07. The first-order valence-corrected chi connectivity index (χ1v) is 8.14. The zero-order valence-corrected chi connectivity index (χ0v) is 14.2. The van der Waals surface area contributed by atoms with Crippen LogP contribution in [0.1, 0.15) is 15.9 Å². The van der Waals surface area contributed by atoms with E-state index >= 15 is 0 Å². The number of H-pyrrole nitrogens is 1. The number of carboxylic acids is 1. The van der Waals surface area contributed by atoms with Crippen molar-refractivity contribution in [1.29, 1.82) is 0 Å². The van der Waals surface area contributed by atoms with Gasteiger partial charge >= 0.3 is 11.7 Å². The fourth-order valence-corrected chi connectivity index (χ4v) is 2.80. The van der Waals surface area contributed by atoms with Crippen molar-refractivity contribution in [3.8, 4) is 0 Å². The minimum absolute atomic E-state index is 0.311. The Balaban J connectivity index is 1.66. The van der Waals surface area contributed by atoms with Crippen molar-refractivity contribution in [1.82, 2.24) is 9.55 Å². The first kappa shape index (κ1) is 16.6. The van der Waals surface area contributed by atoms with Crippen LogP contribution in [-0.4, -0.2) is 79.4 Å². The molecular weight excluding hydrogens is 380 g/mol. The molecule has 3 rings (SSSR count). The average Bonchev–Trinajstić information content (AvgIpc) is 3.13. The normalized spacial score (nSPS) is 37.2. The van der Waals surface area contributed by atoms with Crippen molar-refractivity contribution in [2.24, 2.45) is 0 Å². The van der Waals surface area contributed by atoms with Crippen molar-refractivity contribution < 1.29 is 43.5 Å². The third-order valence-corrected chi connectivity index (χ3v) is 4.28. The van der Waals surface area contributed by atoms with Crippen LogP contribution in [0.2, 0.25) is 0 Å². The highest BCUT2D eigenvalue weighted by atomic mass is 16.7. The third kappa shape index (κ3) is 3.92. The molecule has 2 aliphatic heterocycles. The Labute approximate surface area is 161 Å². The monoisotopic (exact) mass is 403 g/mol. The molecule has 0 aromatic carbocycles. The van der Waals surface area contributed by atoms with Gasteiger partial charge in [-0.25, -0.2) is 9.59 Å². The SMILES string of the molecule is [2H]C([2H])([2H])c1cn([C@H]2C=C[C@@H](CO[C@@H]3O[C@H](C(=O)O)[C@@H](O)[C@H](O)[C@H]3O)O2)c(=O)[nH]c1=O. The lowest BCUT2D eigenvalue weighted by Crippen LogP contribution is -2.60. The molecule has 1 aromatic heterocycles. The lowest BCUT2D eigenvalue weighted by atomic mass is 9.99. The molecule has 1 aromatic rings. The number of aromatic amines is 1. The van der Waals surface area contributed by atoms with Crippen molar-refractivity contribution in [2.75, 3.05) is 6.61 Å². The number of ether oxygens (including phenoxy) is 3. The number of carbonyl (C=O) groups is 1. The first-order chi connectivity index (χ1) is 14.4. The second kappa shape index (κ2) is 7.95. The van der Waals surface area contributed by atoms with Gasteiger partial charge in [0.15, 0.2) is 18.6 Å². The number of rotatable bonds is 5. The molecule has 0 spiro atoms. The van der Waals surface area contributed by atoms with E-state index < -0.39 is 72.7 Å².